The molecule has 3 N–H and O–H groups in total. The van der Waals surface area contributed by atoms with Crippen LogP contribution in [0.4, 0.5) is 4.79 Å². The maximum Gasteiger partial charge on any atom is 0.326 e. The van der Waals surface area contributed by atoms with Gasteiger partial charge in [0.1, 0.15) is 6.04 Å². The van der Waals surface area contributed by atoms with Crippen LogP contribution >= 0.6 is 11.3 Å². The van der Waals surface area contributed by atoms with Crippen molar-refractivity contribution >= 4 is 23.3 Å². The van der Waals surface area contributed by atoms with E-state index in [1.165, 1.54) is 18.4 Å². The molecule has 0 saturated heterocycles. The summed E-state index contributed by atoms with van der Waals surface area (Å²) in [7, 11) is 1.47. The van der Waals surface area contributed by atoms with E-state index in [2.05, 4.69) is 15.6 Å². The number of aliphatic carboxylic acids is 1. The van der Waals surface area contributed by atoms with Crippen LogP contribution in [0.3, 0.4) is 0 Å². The van der Waals surface area contributed by atoms with Gasteiger partial charge in [-0.2, -0.15) is 0 Å². The van der Waals surface area contributed by atoms with Crippen molar-refractivity contribution in [3.8, 4) is 0 Å². The molecule has 1 rings (SSSR count). The van der Waals surface area contributed by atoms with Crippen LogP contribution in [0.25, 0.3) is 0 Å². The molecule has 0 aromatic carbocycles. The van der Waals surface area contributed by atoms with E-state index in [9.17, 15) is 9.59 Å². The first kappa shape index (κ1) is 14.4. The summed E-state index contributed by atoms with van der Waals surface area (Å²) in [4.78, 5) is 27.1. The van der Waals surface area contributed by atoms with Gasteiger partial charge in [-0.3, -0.25) is 4.98 Å². The van der Waals surface area contributed by atoms with Gasteiger partial charge in [0.25, 0.3) is 0 Å². The standard InChI is InChI=1S/C10H15N3O4S/c1-17-3-2-8(9(14)15)13-10(16)12-5-7-4-11-6-18-7/h4,6,8H,2-3,5H2,1H3,(H,14,15)(H2,12,13,16). The van der Waals surface area contributed by atoms with Crippen LogP contribution in [0, 0.1) is 0 Å². The number of nitrogens with one attached hydrogen (secondary N) is 2. The Labute approximate surface area is 108 Å². The molecule has 0 radical (unpaired) electrons. The lowest BCUT2D eigenvalue weighted by Crippen LogP contribution is -2.46. The van der Waals surface area contributed by atoms with E-state index in [0.717, 1.165) is 4.88 Å². The molecule has 0 bridgehead atoms. The van der Waals surface area contributed by atoms with E-state index in [0.29, 0.717) is 6.54 Å². The van der Waals surface area contributed by atoms with E-state index in [1.54, 1.807) is 11.7 Å². The van der Waals surface area contributed by atoms with Crippen molar-refractivity contribution < 1.29 is 19.4 Å². The molecule has 0 aliphatic heterocycles. The van der Waals surface area contributed by atoms with E-state index in [1.807, 2.05) is 0 Å². The van der Waals surface area contributed by atoms with Gasteiger partial charge >= 0.3 is 12.0 Å². The third-order valence-corrected chi connectivity index (χ3v) is 2.90. The molecular weight excluding hydrogens is 258 g/mol. The van der Waals surface area contributed by atoms with Gasteiger partial charge < -0.3 is 20.5 Å². The van der Waals surface area contributed by atoms with Gasteiger partial charge in [-0.05, 0) is 0 Å². The molecule has 1 unspecified atom stereocenters. The number of nitrogens with zero attached hydrogens (tertiary/aromatic N) is 1. The number of carboxylic acid groups (broad SMARTS) is 1. The van der Waals surface area contributed by atoms with E-state index >= 15 is 0 Å². The smallest absolute Gasteiger partial charge is 0.326 e. The van der Waals surface area contributed by atoms with Crippen LogP contribution < -0.4 is 10.6 Å². The number of thiazole rings is 1. The van der Waals surface area contributed by atoms with Crippen molar-refractivity contribution in [1.29, 1.82) is 0 Å². The van der Waals surface area contributed by atoms with Crippen LogP contribution in [0.2, 0.25) is 0 Å². The zero-order chi connectivity index (χ0) is 13.4. The molecule has 8 heteroatoms. The summed E-state index contributed by atoms with van der Waals surface area (Å²) in [5, 5.41) is 13.8. The number of hydrogen-bond acceptors (Lipinski definition) is 5. The average molecular weight is 273 g/mol. The second-order valence-corrected chi connectivity index (χ2v) is 4.44. The molecular formula is C10H15N3O4S. The number of hydrogen-bond donors (Lipinski definition) is 3. The Morgan fingerprint density at radius 1 is 1.61 bits per heavy atom. The Hall–Kier alpha value is -1.67. The van der Waals surface area contributed by atoms with Crippen LogP contribution in [-0.4, -0.2) is 41.8 Å². The Balaban J connectivity index is 2.34. The van der Waals surface area contributed by atoms with Gasteiger partial charge in [0.15, 0.2) is 0 Å². The predicted octanol–water partition coefficient (Wildman–Crippen LogP) is 0.432. The highest BCUT2D eigenvalue weighted by atomic mass is 32.1. The maximum absolute atomic E-state index is 11.5. The lowest BCUT2D eigenvalue weighted by Gasteiger charge is -2.14. The summed E-state index contributed by atoms with van der Waals surface area (Å²) in [6.07, 6.45) is 1.87. The predicted molar refractivity (Wildman–Crippen MR) is 65.4 cm³/mol. The monoisotopic (exact) mass is 273 g/mol. The van der Waals surface area contributed by atoms with E-state index < -0.39 is 18.0 Å². The highest BCUT2D eigenvalue weighted by Gasteiger charge is 2.19. The molecule has 1 aromatic rings. The van der Waals surface area contributed by atoms with Crippen molar-refractivity contribution in [3.05, 3.63) is 16.6 Å². The summed E-state index contributed by atoms with van der Waals surface area (Å²) < 4.78 is 4.78. The first-order chi connectivity index (χ1) is 8.63. The molecule has 100 valence electrons. The second-order valence-electron chi connectivity index (χ2n) is 3.47. The zero-order valence-electron chi connectivity index (χ0n) is 9.88. The molecule has 0 spiro atoms. The second kappa shape index (κ2) is 7.62. The molecule has 0 aliphatic rings. The van der Waals surface area contributed by atoms with E-state index in [4.69, 9.17) is 9.84 Å². The van der Waals surface area contributed by atoms with Crippen molar-refractivity contribution in [2.45, 2.75) is 19.0 Å². The fourth-order valence-corrected chi connectivity index (χ4v) is 1.73. The van der Waals surface area contributed by atoms with Gasteiger partial charge in [0.2, 0.25) is 0 Å². The molecule has 2 amide bonds. The summed E-state index contributed by atoms with van der Waals surface area (Å²) in [6.45, 7) is 0.596. The maximum atomic E-state index is 11.5. The Kier molecular flexibility index (Phi) is 6.09. The lowest BCUT2D eigenvalue weighted by molar-refractivity contribution is -0.139. The average Bonchev–Trinajstić information content (AvgIpc) is 2.84. The van der Waals surface area contributed by atoms with Crippen molar-refractivity contribution in [1.82, 2.24) is 15.6 Å². The number of amides is 2. The largest absolute Gasteiger partial charge is 0.480 e. The number of methoxy groups -OCH3 is 1. The molecule has 1 atom stereocenters. The first-order valence-corrected chi connectivity index (χ1v) is 6.15. The quantitative estimate of drug-likeness (QED) is 0.669. The fraction of sp³-hybridized carbons (Fsp3) is 0.500. The number of aromatic nitrogens is 1. The van der Waals surface area contributed by atoms with Crippen molar-refractivity contribution in [3.63, 3.8) is 0 Å². The van der Waals surface area contributed by atoms with Gasteiger partial charge in [0.05, 0.1) is 12.1 Å². The Morgan fingerprint density at radius 3 is 2.94 bits per heavy atom. The fourth-order valence-electron chi connectivity index (χ4n) is 1.20. The molecule has 18 heavy (non-hydrogen) atoms. The molecule has 0 aliphatic carbocycles. The summed E-state index contributed by atoms with van der Waals surface area (Å²) in [5.41, 5.74) is 1.66. The Bertz CT molecular complexity index is 382. The minimum absolute atomic E-state index is 0.222. The van der Waals surface area contributed by atoms with Crippen molar-refractivity contribution in [2.75, 3.05) is 13.7 Å². The third-order valence-electron chi connectivity index (χ3n) is 2.12. The Morgan fingerprint density at radius 2 is 2.39 bits per heavy atom. The zero-order valence-corrected chi connectivity index (χ0v) is 10.7. The SMILES string of the molecule is COCCC(NC(=O)NCc1cncs1)C(=O)O. The molecule has 1 heterocycles. The first-order valence-electron chi connectivity index (χ1n) is 5.27. The van der Waals surface area contributed by atoms with Crippen molar-refractivity contribution in [2.24, 2.45) is 0 Å². The highest BCUT2D eigenvalue weighted by Crippen LogP contribution is 2.03. The van der Waals surface area contributed by atoms with Crippen LogP contribution in [0.1, 0.15) is 11.3 Å². The topological polar surface area (TPSA) is 101 Å². The summed E-state index contributed by atoms with van der Waals surface area (Å²) in [5.74, 6) is -1.08. The number of urea groups is 1. The summed E-state index contributed by atoms with van der Waals surface area (Å²) >= 11 is 1.41. The summed E-state index contributed by atoms with van der Waals surface area (Å²) in [6, 6.07) is -1.47. The third kappa shape index (κ3) is 5.11. The van der Waals surface area contributed by atoms with E-state index in [-0.39, 0.29) is 13.0 Å². The molecule has 0 fully saturated rings. The van der Waals surface area contributed by atoms with Gasteiger partial charge in [-0.15, -0.1) is 11.3 Å². The molecule has 1 aromatic heterocycles. The number of carboxylic acids is 1. The minimum atomic E-state index is -1.08. The van der Waals surface area contributed by atoms with Crippen LogP contribution in [-0.2, 0) is 16.1 Å². The normalized spacial score (nSPS) is 11.8. The molecule has 7 nitrogen and oxygen atoms in total. The van der Waals surface area contributed by atoms with Crippen LogP contribution in [0.5, 0.6) is 0 Å². The van der Waals surface area contributed by atoms with Gasteiger partial charge in [-0.25, -0.2) is 9.59 Å². The van der Waals surface area contributed by atoms with Gasteiger partial charge in [-0.1, -0.05) is 0 Å². The lowest BCUT2D eigenvalue weighted by atomic mass is 10.2. The number of carbonyl (C=O) groups excluding carboxylic acids is 1. The highest BCUT2D eigenvalue weighted by molar-refractivity contribution is 7.09. The number of ether oxygens (including phenoxy) is 1. The minimum Gasteiger partial charge on any atom is -0.480 e. The van der Waals surface area contributed by atoms with Gasteiger partial charge in [0, 0.05) is 31.2 Å². The van der Waals surface area contributed by atoms with Crippen LogP contribution in [0.15, 0.2) is 11.7 Å². The number of carbonyl (C=O) groups is 2. The number of rotatable bonds is 7. The molecule has 0 saturated carbocycles.